The Kier molecular flexibility index (Phi) is 4.75. The van der Waals surface area contributed by atoms with Crippen LogP contribution in [0.4, 0.5) is 0 Å². The predicted molar refractivity (Wildman–Crippen MR) is 73.3 cm³/mol. The molecule has 0 saturated carbocycles. The Morgan fingerprint density at radius 1 is 1.16 bits per heavy atom. The molecule has 1 aromatic carbocycles. The van der Waals surface area contributed by atoms with Crippen LogP contribution in [0.3, 0.4) is 0 Å². The van der Waals surface area contributed by atoms with Gasteiger partial charge in [-0.1, -0.05) is 30.3 Å². The quantitative estimate of drug-likeness (QED) is 0.862. The largest absolute Gasteiger partial charge is 0.467 e. The van der Waals surface area contributed by atoms with Gasteiger partial charge in [-0.15, -0.1) is 0 Å². The average molecular weight is 258 g/mol. The summed E-state index contributed by atoms with van der Waals surface area (Å²) in [6.45, 7) is 1.40. The van der Waals surface area contributed by atoms with Crippen LogP contribution in [0.15, 0.2) is 53.1 Å². The lowest BCUT2D eigenvalue weighted by atomic mass is 10.2. The number of hydrogen-bond acceptors (Lipinski definition) is 3. The van der Waals surface area contributed by atoms with Crippen LogP contribution in [0, 0.1) is 0 Å². The average Bonchev–Trinajstić information content (AvgIpc) is 2.92. The van der Waals surface area contributed by atoms with E-state index in [4.69, 9.17) is 4.42 Å². The second-order valence-electron chi connectivity index (χ2n) is 4.35. The number of likely N-dealkylation sites (N-methyl/N-ethyl adjacent to an activating group) is 1. The second kappa shape index (κ2) is 6.75. The Morgan fingerprint density at radius 2 is 1.95 bits per heavy atom. The Hall–Kier alpha value is -2.07. The van der Waals surface area contributed by atoms with Crippen molar-refractivity contribution in [1.29, 1.82) is 0 Å². The van der Waals surface area contributed by atoms with Crippen LogP contribution < -0.4 is 5.32 Å². The molecule has 1 aromatic heterocycles. The van der Waals surface area contributed by atoms with E-state index in [0.717, 1.165) is 11.3 Å². The maximum absolute atomic E-state index is 12.1. The van der Waals surface area contributed by atoms with Crippen molar-refractivity contribution in [3.8, 4) is 0 Å². The number of hydrogen-bond donors (Lipinski definition) is 1. The highest BCUT2D eigenvalue weighted by Crippen LogP contribution is 2.10. The third-order valence-electron chi connectivity index (χ3n) is 2.82. The van der Waals surface area contributed by atoms with E-state index in [-0.39, 0.29) is 5.91 Å². The summed E-state index contributed by atoms with van der Waals surface area (Å²) in [6.07, 6.45) is 1.62. The first-order valence-corrected chi connectivity index (χ1v) is 6.28. The van der Waals surface area contributed by atoms with E-state index in [0.29, 0.717) is 19.6 Å². The fourth-order valence-corrected chi connectivity index (χ4v) is 1.89. The summed E-state index contributed by atoms with van der Waals surface area (Å²) in [5, 5.41) is 2.89. The molecular weight excluding hydrogens is 240 g/mol. The molecule has 1 N–H and O–H groups in total. The highest BCUT2D eigenvalue weighted by Gasteiger charge is 2.14. The molecule has 2 aromatic rings. The smallest absolute Gasteiger partial charge is 0.237 e. The van der Waals surface area contributed by atoms with E-state index in [9.17, 15) is 4.79 Å². The fraction of sp³-hybridized carbons (Fsp3) is 0.267. The molecule has 1 heterocycles. The fourth-order valence-electron chi connectivity index (χ4n) is 1.89. The second-order valence-corrected chi connectivity index (χ2v) is 4.35. The van der Waals surface area contributed by atoms with Gasteiger partial charge in [-0.05, 0) is 24.7 Å². The van der Waals surface area contributed by atoms with Gasteiger partial charge in [0.1, 0.15) is 5.76 Å². The molecule has 0 saturated heterocycles. The molecule has 0 aliphatic rings. The first kappa shape index (κ1) is 13.4. The lowest BCUT2D eigenvalue weighted by molar-refractivity contribution is -0.131. The summed E-state index contributed by atoms with van der Waals surface area (Å²) in [5.74, 6) is 0.850. The highest BCUT2D eigenvalue weighted by molar-refractivity contribution is 5.78. The van der Waals surface area contributed by atoms with E-state index >= 15 is 0 Å². The van der Waals surface area contributed by atoms with E-state index in [1.807, 2.05) is 42.5 Å². The molecule has 0 aliphatic heterocycles. The molecule has 2 rings (SSSR count). The van der Waals surface area contributed by atoms with Gasteiger partial charge in [-0.25, -0.2) is 0 Å². The van der Waals surface area contributed by atoms with Crippen LogP contribution in [0.1, 0.15) is 11.3 Å². The van der Waals surface area contributed by atoms with E-state index < -0.39 is 0 Å². The van der Waals surface area contributed by atoms with Crippen LogP contribution in [0.25, 0.3) is 0 Å². The van der Waals surface area contributed by atoms with Crippen molar-refractivity contribution in [2.24, 2.45) is 0 Å². The van der Waals surface area contributed by atoms with Gasteiger partial charge in [-0.3, -0.25) is 4.79 Å². The SMILES string of the molecule is CNCC(=O)N(Cc1ccccc1)Cc1ccco1. The van der Waals surface area contributed by atoms with Crippen molar-refractivity contribution >= 4 is 5.91 Å². The zero-order valence-corrected chi connectivity index (χ0v) is 11.0. The maximum Gasteiger partial charge on any atom is 0.237 e. The monoisotopic (exact) mass is 258 g/mol. The van der Waals surface area contributed by atoms with E-state index in [1.165, 1.54) is 0 Å². The van der Waals surface area contributed by atoms with Crippen molar-refractivity contribution in [3.63, 3.8) is 0 Å². The Labute approximate surface area is 113 Å². The normalized spacial score (nSPS) is 10.4. The lowest BCUT2D eigenvalue weighted by Gasteiger charge is -2.21. The molecule has 19 heavy (non-hydrogen) atoms. The van der Waals surface area contributed by atoms with Crippen molar-refractivity contribution < 1.29 is 9.21 Å². The summed E-state index contributed by atoms with van der Waals surface area (Å²) in [6, 6.07) is 13.7. The van der Waals surface area contributed by atoms with Gasteiger partial charge in [0, 0.05) is 6.54 Å². The number of nitrogens with zero attached hydrogens (tertiary/aromatic N) is 1. The lowest BCUT2D eigenvalue weighted by Crippen LogP contribution is -2.36. The molecule has 4 heteroatoms. The number of benzene rings is 1. The third kappa shape index (κ3) is 3.96. The van der Waals surface area contributed by atoms with Gasteiger partial charge >= 0.3 is 0 Å². The Morgan fingerprint density at radius 3 is 2.58 bits per heavy atom. The van der Waals surface area contributed by atoms with Crippen molar-refractivity contribution in [3.05, 3.63) is 60.1 Å². The van der Waals surface area contributed by atoms with Crippen LogP contribution >= 0.6 is 0 Å². The summed E-state index contributed by atoms with van der Waals surface area (Å²) in [4.78, 5) is 13.9. The maximum atomic E-state index is 12.1. The number of furan rings is 1. The Balaban J connectivity index is 2.07. The molecule has 0 radical (unpaired) electrons. The molecule has 0 unspecified atom stereocenters. The Bertz CT molecular complexity index is 494. The van der Waals surface area contributed by atoms with Gasteiger partial charge in [0.25, 0.3) is 0 Å². The number of rotatable bonds is 6. The van der Waals surface area contributed by atoms with Crippen LogP contribution in [0.5, 0.6) is 0 Å². The molecule has 1 amide bonds. The number of nitrogens with one attached hydrogen (secondary N) is 1. The molecule has 0 bridgehead atoms. The standard InChI is InChI=1S/C15H18N2O2/c1-16-10-15(18)17(12-14-8-5-9-19-14)11-13-6-3-2-4-7-13/h2-9,16H,10-12H2,1H3. The highest BCUT2D eigenvalue weighted by atomic mass is 16.3. The van der Waals surface area contributed by atoms with Gasteiger partial charge < -0.3 is 14.6 Å². The predicted octanol–water partition coefficient (Wildman–Crippen LogP) is 2.03. The topological polar surface area (TPSA) is 45.5 Å². The van der Waals surface area contributed by atoms with Gasteiger partial charge in [0.05, 0.1) is 19.4 Å². The minimum absolute atomic E-state index is 0.0581. The van der Waals surface area contributed by atoms with Gasteiger partial charge in [0.15, 0.2) is 0 Å². The molecule has 100 valence electrons. The minimum atomic E-state index is 0.0581. The molecule has 0 aliphatic carbocycles. The molecule has 0 atom stereocenters. The zero-order valence-electron chi connectivity index (χ0n) is 11.0. The van der Waals surface area contributed by atoms with Gasteiger partial charge in [0.2, 0.25) is 5.91 Å². The van der Waals surface area contributed by atoms with Crippen LogP contribution in [0.2, 0.25) is 0 Å². The van der Waals surface area contributed by atoms with Gasteiger partial charge in [-0.2, -0.15) is 0 Å². The number of amides is 1. The first-order chi connectivity index (χ1) is 9.29. The van der Waals surface area contributed by atoms with Crippen LogP contribution in [-0.2, 0) is 17.9 Å². The van der Waals surface area contributed by atoms with Crippen molar-refractivity contribution in [2.75, 3.05) is 13.6 Å². The number of carbonyl (C=O) groups excluding carboxylic acids is 1. The zero-order chi connectivity index (χ0) is 13.5. The van der Waals surface area contributed by atoms with E-state index in [1.54, 1.807) is 18.2 Å². The van der Waals surface area contributed by atoms with Crippen molar-refractivity contribution in [1.82, 2.24) is 10.2 Å². The first-order valence-electron chi connectivity index (χ1n) is 6.28. The van der Waals surface area contributed by atoms with Crippen LogP contribution in [-0.4, -0.2) is 24.4 Å². The molecule has 4 nitrogen and oxygen atoms in total. The molecule has 0 fully saturated rings. The van der Waals surface area contributed by atoms with Crippen molar-refractivity contribution in [2.45, 2.75) is 13.1 Å². The number of carbonyl (C=O) groups is 1. The summed E-state index contributed by atoms with van der Waals surface area (Å²) < 4.78 is 5.32. The summed E-state index contributed by atoms with van der Waals surface area (Å²) in [5.41, 5.74) is 1.11. The molecule has 0 spiro atoms. The van der Waals surface area contributed by atoms with E-state index in [2.05, 4.69) is 5.32 Å². The summed E-state index contributed by atoms with van der Waals surface area (Å²) >= 11 is 0. The summed E-state index contributed by atoms with van der Waals surface area (Å²) in [7, 11) is 1.77. The third-order valence-corrected chi connectivity index (χ3v) is 2.82. The molecular formula is C15H18N2O2. The minimum Gasteiger partial charge on any atom is -0.467 e.